The molecule has 1 rings (SSSR count). The van der Waals surface area contributed by atoms with E-state index in [0.717, 1.165) is 6.42 Å². The quantitative estimate of drug-likeness (QED) is 0.255. The minimum atomic E-state index is -0.367. The maximum Gasteiger partial charge on any atom is 0.290 e. The number of hydrogen-bond acceptors (Lipinski definition) is 2. The molecule has 1 aliphatic heterocycles. The van der Waals surface area contributed by atoms with Gasteiger partial charge in [0.2, 0.25) is 0 Å². The standard InChI is InChI=1S/C23H43NO2/c1-4-5-6-7-8-9-10-11-12-13-14-15-16-17-18-19-23(2,3)21-22(25)24-20-26-21/h20-21H,4-19H2,1-3H3. The van der Waals surface area contributed by atoms with Crippen molar-refractivity contribution in [2.75, 3.05) is 0 Å². The van der Waals surface area contributed by atoms with Crippen LogP contribution in [0.4, 0.5) is 0 Å². The minimum Gasteiger partial charge on any atom is -0.469 e. The summed E-state index contributed by atoms with van der Waals surface area (Å²) in [7, 11) is 0. The lowest BCUT2D eigenvalue weighted by Gasteiger charge is -2.28. The summed E-state index contributed by atoms with van der Waals surface area (Å²) in [6, 6.07) is 0. The molecule has 1 aliphatic rings. The molecule has 0 radical (unpaired) electrons. The zero-order chi connectivity index (χ0) is 19.1. The van der Waals surface area contributed by atoms with Gasteiger partial charge in [-0.25, -0.2) is 0 Å². The van der Waals surface area contributed by atoms with Crippen molar-refractivity contribution in [2.45, 2.75) is 130 Å². The molecule has 0 aromatic carbocycles. The van der Waals surface area contributed by atoms with Gasteiger partial charge in [-0.3, -0.25) is 4.79 Å². The van der Waals surface area contributed by atoms with Gasteiger partial charge in [-0.05, 0) is 6.42 Å². The first-order valence-corrected chi connectivity index (χ1v) is 11.3. The van der Waals surface area contributed by atoms with Crippen LogP contribution in [0.3, 0.4) is 0 Å². The van der Waals surface area contributed by atoms with Gasteiger partial charge in [0.05, 0.1) is 0 Å². The lowest BCUT2D eigenvalue weighted by molar-refractivity contribution is -0.127. The van der Waals surface area contributed by atoms with Crippen molar-refractivity contribution < 1.29 is 9.53 Å². The molecule has 152 valence electrons. The molecule has 0 fully saturated rings. The number of aliphatic imine (C=N–C) groups is 1. The number of hydrogen-bond donors (Lipinski definition) is 0. The molecule has 0 aliphatic carbocycles. The largest absolute Gasteiger partial charge is 0.469 e. The summed E-state index contributed by atoms with van der Waals surface area (Å²) in [6.45, 7) is 6.52. The average Bonchev–Trinajstić information content (AvgIpc) is 3.05. The number of rotatable bonds is 17. The van der Waals surface area contributed by atoms with E-state index in [-0.39, 0.29) is 17.4 Å². The predicted molar refractivity (Wildman–Crippen MR) is 112 cm³/mol. The van der Waals surface area contributed by atoms with E-state index in [1.807, 2.05) is 0 Å². The number of unbranched alkanes of at least 4 members (excludes halogenated alkanes) is 14. The van der Waals surface area contributed by atoms with Gasteiger partial charge in [0.1, 0.15) is 0 Å². The summed E-state index contributed by atoms with van der Waals surface area (Å²) in [6.07, 6.45) is 22.7. The number of nitrogens with zero attached hydrogens (tertiary/aromatic N) is 1. The van der Waals surface area contributed by atoms with Crippen molar-refractivity contribution in [2.24, 2.45) is 10.4 Å². The smallest absolute Gasteiger partial charge is 0.290 e. The Morgan fingerprint density at radius 2 is 1.23 bits per heavy atom. The molecule has 0 aromatic heterocycles. The highest BCUT2D eigenvalue weighted by Gasteiger charge is 2.38. The Kier molecular flexibility index (Phi) is 12.7. The van der Waals surface area contributed by atoms with Crippen LogP contribution in [-0.2, 0) is 9.53 Å². The third-order valence-electron chi connectivity index (χ3n) is 5.74. The molecule has 0 bridgehead atoms. The van der Waals surface area contributed by atoms with Crippen molar-refractivity contribution in [3.8, 4) is 0 Å². The summed E-state index contributed by atoms with van der Waals surface area (Å²) < 4.78 is 5.36. The molecule has 3 nitrogen and oxygen atoms in total. The Labute approximate surface area is 162 Å². The van der Waals surface area contributed by atoms with Crippen LogP contribution >= 0.6 is 0 Å². The molecule has 0 aromatic rings. The lowest BCUT2D eigenvalue weighted by atomic mass is 9.81. The summed E-state index contributed by atoms with van der Waals surface area (Å²) in [4.78, 5) is 15.4. The normalized spacial score (nSPS) is 17.0. The number of carbonyl (C=O) groups is 1. The molecule has 0 spiro atoms. The van der Waals surface area contributed by atoms with Crippen molar-refractivity contribution in [1.29, 1.82) is 0 Å². The van der Waals surface area contributed by atoms with Crippen LogP contribution in [0.1, 0.15) is 124 Å². The monoisotopic (exact) mass is 365 g/mol. The maximum absolute atomic E-state index is 11.7. The van der Waals surface area contributed by atoms with Crippen LogP contribution in [0.15, 0.2) is 4.99 Å². The summed E-state index contributed by atoms with van der Waals surface area (Å²) in [5, 5.41) is 0. The zero-order valence-corrected chi connectivity index (χ0v) is 17.7. The van der Waals surface area contributed by atoms with E-state index >= 15 is 0 Å². The van der Waals surface area contributed by atoms with E-state index < -0.39 is 0 Å². The molecule has 0 N–H and O–H groups in total. The van der Waals surface area contributed by atoms with Crippen LogP contribution < -0.4 is 0 Å². The van der Waals surface area contributed by atoms with Crippen molar-refractivity contribution in [3.05, 3.63) is 0 Å². The van der Waals surface area contributed by atoms with Gasteiger partial charge in [0.15, 0.2) is 12.5 Å². The van der Waals surface area contributed by atoms with Gasteiger partial charge in [-0.2, -0.15) is 4.99 Å². The second-order valence-corrected chi connectivity index (χ2v) is 8.78. The van der Waals surface area contributed by atoms with Crippen LogP contribution in [0.5, 0.6) is 0 Å². The van der Waals surface area contributed by atoms with Crippen LogP contribution in [0.25, 0.3) is 0 Å². The van der Waals surface area contributed by atoms with Gasteiger partial charge < -0.3 is 4.74 Å². The third kappa shape index (κ3) is 10.3. The van der Waals surface area contributed by atoms with Crippen molar-refractivity contribution >= 4 is 12.3 Å². The lowest BCUT2D eigenvalue weighted by Crippen LogP contribution is -2.34. The Balaban J connectivity index is 1.83. The van der Waals surface area contributed by atoms with Gasteiger partial charge in [0, 0.05) is 5.41 Å². The fourth-order valence-electron chi connectivity index (χ4n) is 3.87. The Morgan fingerprint density at radius 1 is 0.808 bits per heavy atom. The molecule has 26 heavy (non-hydrogen) atoms. The zero-order valence-electron chi connectivity index (χ0n) is 17.7. The van der Waals surface area contributed by atoms with Crippen molar-refractivity contribution in [1.82, 2.24) is 0 Å². The van der Waals surface area contributed by atoms with Crippen molar-refractivity contribution in [3.63, 3.8) is 0 Å². The first kappa shape index (κ1) is 23.2. The first-order chi connectivity index (χ1) is 12.6. The van der Waals surface area contributed by atoms with Gasteiger partial charge in [-0.15, -0.1) is 0 Å². The van der Waals surface area contributed by atoms with E-state index in [1.54, 1.807) is 0 Å². The summed E-state index contributed by atoms with van der Waals surface area (Å²) in [5.41, 5.74) is -0.107. The van der Waals surface area contributed by atoms with Gasteiger partial charge >= 0.3 is 0 Å². The maximum atomic E-state index is 11.7. The van der Waals surface area contributed by atoms with E-state index in [4.69, 9.17) is 4.74 Å². The minimum absolute atomic E-state index is 0.107. The molecule has 1 atom stereocenters. The molecular weight excluding hydrogens is 322 g/mol. The molecule has 1 unspecified atom stereocenters. The van der Waals surface area contributed by atoms with Crippen LogP contribution in [-0.4, -0.2) is 18.4 Å². The van der Waals surface area contributed by atoms with E-state index in [0.29, 0.717) is 0 Å². The SMILES string of the molecule is CCCCCCCCCCCCCCCCCC(C)(C)C1OC=NC1=O. The summed E-state index contributed by atoms with van der Waals surface area (Å²) in [5.74, 6) is -0.115. The fraction of sp³-hybridized carbons (Fsp3) is 0.913. The second-order valence-electron chi connectivity index (χ2n) is 8.78. The number of ether oxygens (including phenoxy) is 1. The van der Waals surface area contributed by atoms with Gasteiger partial charge in [0.25, 0.3) is 5.91 Å². The van der Waals surface area contributed by atoms with Gasteiger partial charge in [-0.1, -0.05) is 117 Å². The molecular formula is C23H43NO2. The topological polar surface area (TPSA) is 38.7 Å². The first-order valence-electron chi connectivity index (χ1n) is 11.3. The second kappa shape index (κ2) is 14.2. The third-order valence-corrected chi connectivity index (χ3v) is 5.74. The highest BCUT2D eigenvalue weighted by molar-refractivity contribution is 5.92. The van der Waals surface area contributed by atoms with E-state index in [2.05, 4.69) is 25.8 Å². The van der Waals surface area contributed by atoms with Crippen LogP contribution in [0.2, 0.25) is 0 Å². The Hall–Kier alpha value is -0.860. The average molecular weight is 366 g/mol. The highest BCUT2D eigenvalue weighted by Crippen LogP contribution is 2.32. The Bertz CT molecular complexity index is 390. The number of carbonyl (C=O) groups excluding carboxylic acids is 1. The van der Waals surface area contributed by atoms with E-state index in [9.17, 15) is 4.79 Å². The van der Waals surface area contributed by atoms with Crippen LogP contribution in [0, 0.1) is 5.41 Å². The Morgan fingerprint density at radius 3 is 1.62 bits per heavy atom. The molecule has 3 heteroatoms. The fourth-order valence-corrected chi connectivity index (χ4v) is 3.87. The highest BCUT2D eigenvalue weighted by atomic mass is 16.5. The van der Waals surface area contributed by atoms with E-state index in [1.165, 1.54) is 103 Å². The molecule has 0 saturated heterocycles. The predicted octanol–water partition coefficient (Wildman–Crippen LogP) is 7.23. The summed E-state index contributed by atoms with van der Waals surface area (Å²) >= 11 is 0. The number of amides is 1. The molecule has 0 saturated carbocycles. The molecule has 1 amide bonds. The molecule has 1 heterocycles.